The molecule has 0 bridgehead atoms. The van der Waals surface area contributed by atoms with Gasteiger partial charge in [-0.15, -0.1) is 0 Å². The Labute approximate surface area is 135 Å². The van der Waals surface area contributed by atoms with Gasteiger partial charge in [-0.2, -0.15) is 0 Å². The Balaban J connectivity index is 2.74. The van der Waals surface area contributed by atoms with Crippen molar-refractivity contribution in [2.45, 2.75) is 12.8 Å². The number of benzene rings is 1. The van der Waals surface area contributed by atoms with Crippen LogP contribution < -0.4 is 4.72 Å². The Hall–Kier alpha value is -0.500. The molecule has 0 amide bonds. The molecule has 0 saturated heterocycles. The number of ether oxygens (including phenoxy) is 1. The lowest BCUT2D eigenvalue weighted by molar-refractivity contribution is -0.140. The Morgan fingerprint density at radius 1 is 1.35 bits per heavy atom. The first kappa shape index (κ1) is 17.6. The molecule has 1 aromatic rings. The second-order valence-corrected chi connectivity index (χ2v) is 7.42. The van der Waals surface area contributed by atoms with E-state index in [2.05, 4.69) is 25.4 Å². The molecule has 0 spiro atoms. The molecule has 0 saturated carbocycles. The van der Waals surface area contributed by atoms with Crippen LogP contribution in [0.5, 0.6) is 0 Å². The smallest absolute Gasteiger partial charge is 0.305 e. The summed E-state index contributed by atoms with van der Waals surface area (Å²) in [4.78, 5) is 10.9. The van der Waals surface area contributed by atoms with E-state index in [1.165, 1.54) is 19.2 Å². The van der Waals surface area contributed by atoms with E-state index >= 15 is 0 Å². The molecular formula is C11H12BrCl2NO4S. The number of anilines is 1. The Bertz CT molecular complexity index is 583. The van der Waals surface area contributed by atoms with Gasteiger partial charge in [0.2, 0.25) is 10.0 Å². The highest BCUT2D eigenvalue weighted by molar-refractivity contribution is 9.10. The molecule has 5 nitrogen and oxygen atoms in total. The van der Waals surface area contributed by atoms with E-state index in [4.69, 9.17) is 23.2 Å². The number of hydrogen-bond acceptors (Lipinski definition) is 4. The van der Waals surface area contributed by atoms with Crippen LogP contribution in [-0.4, -0.2) is 27.2 Å². The van der Waals surface area contributed by atoms with Crippen LogP contribution >= 0.6 is 39.1 Å². The van der Waals surface area contributed by atoms with Crippen LogP contribution in [0.3, 0.4) is 0 Å². The van der Waals surface area contributed by atoms with Crippen molar-refractivity contribution < 1.29 is 17.9 Å². The summed E-state index contributed by atoms with van der Waals surface area (Å²) in [7, 11) is -2.39. The zero-order valence-corrected chi connectivity index (χ0v) is 14.4. The third kappa shape index (κ3) is 5.47. The highest BCUT2D eigenvalue weighted by atomic mass is 79.9. The first-order chi connectivity index (χ1) is 9.25. The fourth-order valence-corrected chi connectivity index (χ4v) is 3.93. The summed E-state index contributed by atoms with van der Waals surface area (Å²) in [5.74, 6) is -0.690. The normalized spacial score (nSPS) is 11.2. The van der Waals surface area contributed by atoms with Crippen LogP contribution in [0.25, 0.3) is 0 Å². The molecule has 0 aliphatic carbocycles. The minimum absolute atomic E-state index is 0.0270. The van der Waals surface area contributed by atoms with E-state index in [-0.39, 0.29) is 34.3 Å². The van der Waals surface area contributed by atoms with E-state index in [1.54, 1.807) is 0 Å². The van der Waals surface area contributed by atoms with E-state index < -0.39 is 16.0 Å². The number of sulfonamides is 1. The minimum atomic E-state index is -3.64. The fourth-order valence-electron chi connectivity index (χ4n) is 1.35. The third-order valence-electron chi connectivity index (χ3n) is 2.29. The highest BCUT2D eigenvalue weighted by Gasteiger charge is 2.16. The van der Waals surface area contributed by atoms with Gasteiger partial charge in [0.05, 0.1) is 28.6 Å². The molecule has 9 heteroatoms. The molecule has 0 aromatic heterocycles. The topological polar surface area (TPSA) is 72.5 Å². The maximum atomic E-state index is 11.9. The molecule has 20 heavy (non-hydrogen) atoms. The van der Waals surface area contributed by atoms with Crippen molar-refractivity contribution in [3.8, 4) is 0 Å². The lowest BCUT2D eigenvalue weighted by Crippen LogP contribution is -2.18. The van der Waals surface area contributed by atoms with Crippen molar-refractivity contribution >= 4 is 60.8 Å². The number of halogens is 3. The molecule has 0 atom stereocenters. The molecule has 1 rings (SSSR count). The van der Waals surface area contributed by atoms with Gasteiger partial charge in [-0.1, -0.05) is 39.1 Å². The van der Waals surface area contributed by atoms with Crippen LogP contribution in [0.15, 0.2) is 16.6 Å². The van der Waals surface area contributed by atoms with Gasteiger partial charge in [0.15, 0.2) is 0 Å². The van der Waals surface area contributed by atoms with Crippen molar-refractivity contribution in [2.75, 3.05) is 17.6 Å². The van der Waals surface area contributed by atoms with Crippen molar-refractivity contribution in [3.05, 3.63) is 26.7 Å². The summed E-state index contributed by atoms with van der Waals surface area (Å²) in [5.41, 5.74) is 0.120. The average molecular weight is 405 g/mol. The van der Waals surface area contributed by atoms with Crippen LogP contribution in [0.4, 0.5) is 5.69 Å². The second kappa shape index (κ2) is 7.49. The first-order valence-corrected chi connectivity index (χ1v) is 8.67. The third-order valence-corrected chi connectivity index (χ3v) is 4.68. The monoisotopic (exact) mass is 403 g/mol. The Kier molecular flexibility index (Phi) is 6.57. The highest BCUT2D eigenvalue weighted by Crippen LogP contribution is 2.34. The molecule has 1 N–H and O–H groups in total. The van der Waals surface area contributed by atoms with Crippen molar-refractivity contribution in [2.24, 2.45) is 0 Å². The zero-order valence-electron chi connectivity index (χ0n) is 10.5. The Morgan fingerprint density at radius 2 is 1.90 bits per heavy atom. The largest absolute Gasteiger partial charge is 0.469 e. The molecule has 0 unspecified atom stereocenters. The van der Waals surface area contributed by atoms with Gasteiger partial charge in [0.1, 0.15) is 0 Å². The molecule has 0 radical (unpaired) electrons. The molecule has 0 aliphatic heterocycles. The van der Waals surface area contributed by atoms with E-state index in [0.29, 0.717) is 4.47 Å². The van der Waals surface area contributed by atoms with Crippen molar-refractivity contribution in [1.29, 1.82) is 0 Å². The van der Waals surface area contributed by atoms with Gasteiger partial charge in [0.25, 0.3) is 0 Å². The fraction of sp³-hybridized carbons (Fsp3) is 0.364. The van der Waals surface area contributed by atoms with Crippen molar-refractivity contribution in [1.82, 2.24) is 0 Å². The van der Waals surface area contributed by atoms with Gasteiger partial charge < -0.3 is 4.74 Å². The van der Waals surface area contributed by atoms with Crippen LogP contribution in [0.1, 0.15) is 12.8 Å². The molecule has 112 valence electrons. The molecular weight excluding hydrogens is 393 g/mol. The number of hydrogen-bond donors (Lipinski definition) is 1. The van der Waals surface area contributed by atoms with Gasteiger partial charge in [-0.05, 0) is 18.6 Å². The predicted octanol–water partition coefficient (Wildman–Crippen LogP) is 3.45. The van der Waals surface area contributed by atoms with Gasteiger partial charge >= 0.3 is 5.97 Å². The SMILES string of the molecule is COC(=O)CCCS(=O)(=O)Nc1c(Cl)cc(Br)cc1Cl. The zero-order chi connectivity index (χ0) is 15.3. The number of methoxy groups -OCH3 is 1. The second-order valence-electron chi connectivity index (χ2n) is 3.85. The van der Waals surface area contributed by atoms with E-state index in [0.717, 1.165) is 0 Å². The lowest BCUT2D eigenvalue weighted by atomic mass is 10.3. The molecule has 0 heterocycles. The summed E-state index contributed by atoms with van der Waals surface area (Å²) in [6, 6.07) is 3.06. The summed E-state index contributed by atoms with van der Waals surface area (Å²) >= 11 is 15.1. The minimum Gasteiger partial charge on any atom is -0.469 e. The molecule has 0 fully saturated rings. The maximum Gasteiger partial charge on any atom is 0.305 e. The lowest BCUT2D eigenvalue weighted by Gasteiger charge is -2.11. The number of rotatable bonds is 6. The number of carbonyl (C=O) groups excluding carboxylic acids is 1. The van der Waals surface area contributed by atoms with Gasteiger partial charge in [0, 0.05) is 10.9 Å². The summed E-state index contributed by atoms with van der Waals surface area (Å²) in [5, 5.41) is 0.363. The van der Waals surface area contributed by atoms with Gasteiger partial charge in [-0.25, -0.2) is 8.42 Å². The van der Waals surface area contributed by atoms with Crippen LogP contribution in [0.2, 0.25) is 10.0 Å². The summed E-state index contributed by atoms with van der Waals surface area (Å²) in [6.07, 6.45) is 0.174. The van der Waals surface area contributed by atoms with Crippen LogP contribution in [0, 0.1) is 0 Å². The molecule has 0 aliphatic rings. The Morgan fingerprint density at radius 3 is 2.40 bits per heavy atom. The quantitative estimate of drug-likeness (QED) is 0.737. The number of carbonyl (C=O) groups is 1. The van der Waals surface area contributed by atoms with E-state index in [1.807, 2.05) is 0 Å². The maximum absolute atomic E-state index is 11.9. The average Bonchev–Trinajstić information content (AvgIpc) is 2.33. The first-order valence-electron chi connectivity index (χ1n) is 5.47. The van der Waals surface area contributed by atoms with Crippen LogP contribution in [-0.2, 0) is 19.6 Å². The van der Waals surface area contributed by atoms with E-state index in [9.17, 15) is 13.2 Å². The summed E-state index contributed by atoms with van der Waals surface area (Å²) in [6.45, 7) is 0. The van der Waals surface area contributed by atoms with Gasteiger partial charge in [-0.3, -0.25) is 9.52 Å². The standard InChI is InChI=1S/C11H12BrCl2NO4S/c1-19-10(16)3-2-4-20(17,18)15-11-8(13)5-7(12)6-9(11)14/h5-6,15H,2-4H2,1H3. The number of esters is 1. The summed E-state index contributed by atoms with van der Waals surface area (Å²) < 4.78 is 31.1. The van der Waals surface area contributed by atoms with Crippen molar-refractivity contribution in [3.63, 3.8) is 0 Å². The number of nitrogens with one attached hydrogen (secondary N) is 1. The predicted molar refractivity (Wildman–Crippen MR) is 82.8 cm³/mol. The molecule has 1 aromatic carbocycles.